The van der Waals surface area contributed by atoms with Gasteiger partial charge in [0.15, 0.2) is 0 Å². The number of hydrogen-bond acceptors (Lipinski definition) is 4. The molecule has 1 N–H and O–H groups in total. The topological polar surface area (TPSA) is 64.0 Å². The van der Waals surface area contributed by atoms with Crippen LogP contribution in [0.2, 0.25) is 0 Å². The van der Waals surface area contributed by atoms with Crippen LogP contribution in [-0.2, 0) is 16.6 Å². The van der Waals surface area contributed by atoms with E-state index in [1.807, 2.05) is 42.0 Å². The first-order valence-electron chi connectivity index (χ1n) is 7.02. The van der Waals surface area contributed by atoms with Crippen LogP contribution in [0.25, 0.3) is 10.1 Å². The van der Waals surface area contributed by atoms with Crippen LogP contribution < -0.4 is 4.72 Å². The second-order valence-electron chi connectivity index (χ2n) is 5.01. The fraction of sp³-hybridized carbons (Fsp3) is 0.267. The number of hydrogen-bond donors (Lipinski definition) is 1. The van der Waals surface area contributed by atoms with Gasteiger partial charge in [0, 0.05) is 34.4 Å². The van der Waals surface area contributed by atoms with Crippen LogP contribution >= 0.6 is 11.3 Å². The standard InChI is InChI=1S/C15H17N3O2S2/c1-3-18-9-8-16-15(18)11(2)17-22(19,20)14-10-21-13-7-5-4-6-12(13)14/h4-11,17H,3H2,1-2H3. The van der Waals surface area contributed by atoms with Crippen LogP contribution in [0.1, 0.15) is 25.7 Å². The molecular formula is C15H17N3O2S2. The Hall–Kier alpha value is -1.70. The molecule has 116 valence electrons. The lowest BCUT2D eigenvalue weighted by Gasteiger charge is -2.15. The van der Waals surface area contributed by atoms with Crippen molar-refractivity contribution >= 4 is 31.4 Å². The van der Waals surface area contributed by atoms with E-state index in [1.54, 1.807) is 18.5 Å². The van der Waals surface area contributed by atoms with Crippen molar-refractivity contribution in [1.29, 1.82) is 0 Å². The number of benzene rings is 1. The fourth-order valence-electron chi connectivity index (χ4n) is 2.48. The number of aromatic nitrogens is 2. The summed E-state index contributed by atoms with van der Waals surface area (Å²) in [6.45, 7) is 4.56. The number of aryl methyl sites for hydroxylation is 1. The highest BCUT2D eigenvalue weighted by atomic mass is 32.2. The van der Waals surface area contributed by atoms with Crippen molar-refractivity contribution < 1.29 is 8.42 Å². The molecule has 0 spiro atoms. The molecule has 0 saturated heterocycles. The summed E-state index contributed by atoms with van der Waals surface area (Å²) in [5.41, 5.74) is 0. The molecule has 7 heteroatoms. The van der Waals surface area contributed by atoms with E-state index in [2.05, 4.69) is 9.71 Å². The minimum atomic E-state index is -3.59. The predicted molar refractivity (Wildman–Crippen MR) is 88.5 cm³/mol. The van der Waals surface area contributed by atoms with E-state index in [9.17, 15) is 8.42 Å². The van der Waals surface area contributed by atoms with Gasteiger partial charge in [-0.25, -0.2) is 18.1 Å². The Balaban J connectivity index is 1.94. The third-order valence-electron chi connectivity index (χ3n) is 3.54. The SMILES string of the molecule is CCn1ccnc1C(C)NS(=O)(=O)c1csc2ccccc12. The number of sulfonamides is 1. The van der Waals surface area contributed by atoms with Crippen LogP contribution in [0.5, 0.6) is 0 Å². The number of nitrogens with one attached hydrogen (secondary N) is 1. The first kappa shape index (κ1) is 15.2. The molecular weight excluding hydrogens is 318 g/mol. The molecule has 1 unspecified atom stereocenters. The number of nitrogens with zero attached hydrogens (tertiary/aromatic N) is 2. The van der Waals surface area contributed by atoms with Gasteiger partial charge in [0.25, 0.3) is 0 Å². The molecule has 5 nitrogen and oxygen atoms in total. The van der Waals surface area contributed by atoms with Crippen LogP contribution in [0.3, 0.4) is 0 Å². The minimum absolute atomic E-state index is 0.328. The molecule has 0 bridgehead atoms. The monoisotopic (exact) mass is 335 g/mol. The molecule has 2 aromatic heterocycles. The average Bonchev–Trinajstić information content (AvgIpc) is 3.13. The van der Waals surface area contributed by atoms with Crippen LogP contribution in [0.15, 0.2) is 46.9 Å². The summed E-state index contributed by atoms with van der Waals surface area (Å²) in [6.07, 6.45) is 3.53. The highest BCUT2D eigenvalue weighted by molar-refractivity contribution is 7.90. The maximum Gasteiger partial charge on any atom is 0.242 e. The van der Waals surface area contributed by atoms with E-state index in [0.717, 1.165) is 16.6 Å². The maximum absolute atomic E-state index is 12.7. The molecule has 3 rings (SSSR count). The highest BCUT2D eigenvalue weighted by Gasteiger charge is 2.23. The highest BCUT2D eigenvalue weighted by Crippen LogP contribution is 2.29. The molecule has 0 aliphatic carbocycles. The molecule has 0 amide bonds. The van der Waals surface area contributed by atoms with Crippen LogP contribution in [-0.4, -0.2) is 18.0 Å². The van der Waals surface area contributed by atoms with Gasteiger partial charge >= 0.3 is 0 Å². The van der Waals surface area contributed by atoms with Gasteiger partial charge in [-0.2, -0.15) is 0 Å². The zero-order valence-electron chi connectivity index (χ0n) is 12.4. The molecule has 0 radical (unpaired) electrons. The summed E-state index contributed by atoms with van der Waals surface area (Å²) in [6, 6.07) is 7.12. The summed E-state index contributed by atoms with van der Waals surface area (Å²) in [5.74, 6) is 0.714. The minimum Gasteiger partial charge on any atom is -0.334 e. The van der Waals surface area contributed by atoms with Gasteiger partial charge in [-0.3, -0.25) is 0 Å². The predicted octanol–water partition coefficient (Wildman–Crippen LogP) is 3.16. The van der Waals surface area contributed by atoms with Gasteiger partial charge in [0.1, 0.15) is 10.7 Å². The Morgan fingerprint density at radius 3 is 2.91 bits per heavy atom. The summed E-state index contributed by atoms with van der Waals surface area (Å²) in [5, 5.41) is 2.44. The van der Waals surface area contributed by atoms with E-state index in [-0.39, 0.29) is 0 Å². The molecule has 1 aromatic carbocycles. The summed E-state index contributed by atoms with van der Waals surface area (Å²) >= 11 is 1.43. The Bertz CT molecular complexity index is 896. The molecule has 0 aliphatic rings. The van der Waals surface area contributed by atoms with Gasteiger partial charge in [-0.1, -0.05) is 18.2 Å². The Morgan fingerprint density at radius 2 is 2.14 bits per heavy atom. The maximum atomic E-state index is 12.7. The van der Waals surface area contributed by atoms with Gasteiger partial charge in [0.05, 0.1) is 6.04 Å². The number of fused-ring (bicyclic) bond motifs is 1. The fourth-order valence-corrected chi connectivity index (χ4v) is 5.18. The summed E-state index contributed by atoms with van der Waals surface area (Å²) in [4.78, 5) is 4.58. The van der Waals surface area contributed by atoms with E-state index < -0.39 is 16.1 Å². The molecule has 0 fully saturated rings. The Kier molecular flexibility index (Phi) is 4.03. The quantitative estimate of drug-likeness (QED) is 0.779. The second-order valence-corrected chi connectivity index (χ2v) is 7.60. The molecule has 0 aliphatic heterocycles. The van der Waals surface area contributed by atoms with E-state index >= 15 is 0 Å². The number of rotatable bonds is 5. The largest absolute Gasteiger partial charge is 0.334 e. The van der Waals surface area contributed by atoms with Crippen molar-refractivity contribution in [3.63, 3.8) is 0 Å². The first-order chi connectivity index (χ1) is 10.5. The second kappa shape index (κ2) is 5.83. The molecule has 1 atom stereocenters. The van der Waals surface area contributed by atoms with Crippen molar-refractivity contribution in [3.8, 4) is 0 Å². The average molecular weight is 335 g/mol. The molecule has 3 aromatic rings. The van der Waals surface area contributed by atoms with E-state index in [4.69, 9.17) is 0 Å². The van der Waals surface area contributed by atoms with Crippen molar-refractivity contribution in [1.82, 2.24) is 14.3 Å². The molecule has 0 saturated carbocycles. The van der Waals surface area contributed by atoms with Crippen LogP contribution in [0.4, 0.5) is 0 Å². The molecule has 2 heterocycles. The third-order valence-corrected chi connectivity index (χ3v) is 6.24. The van der Waals surface area contributed by atoms with E-state index in [1.165, 1.54) is 11.3 Å². The lowest BCUT2D eigenvalue weighted by atomic mass is 10.3. The van der Waals surface area contributed by atoms with Gasteiger partial charge in [-0.05, 0) is 19.9 Å². The number of imidazole rings is 1. The van der Waals surface area contributed by atoms with E-state index in [0.29, 0.717) is 10.7 Å². The summed E-state index contributed by atoms with van der Waals surface area (Å²) in [7, 11) is -3.59. The van der Waals surface area contributed by atoms with Crippen molar-refractivity contribution in [3.05, 3.63) is 47.9 Å². The van der Waals surface area contributed by atoms with Crippen LogP contribution in [0, 0.1) is 0 Å². The van der Waals surface area contributed by atoms with Crippen molar-refractivity contribution in [2.45, 2.75) is 31.3 Å². The lowest BCUT2D eigenvalue weighted by Crippen LogP contribution is -2.28. The van der Waals surface area contributed by atoms with Gasteiger partial charge in [0.2, 0.25) is 10.0 Å². The smallest absolute Gasteiger partial charge is 0.242 e. The zero-order chi connectivity index (χ0) is 15.7. The Labute approximate surface area is 133 Å². The Morgan fingerprint density at radius 1 is 1.36 bits per heavy atom. The van der Waals surface area contributed by atoms with Gasteiger partial charge in [-0.15, -0.1) is 11.3 Å². The first-order valence-corrected chi connectivity index (χ1v) is 9.39. The molecule has 22 heavy (non-hydrogen) atoms. The zero-order valence-corrected chi connectivity index (χ0v) is 14.0. The summed E-state index contributed by atoms with van der Waals surface area (Å²) < 4.78 is 31.0. The third kappa shape index (κ3) is 2.67. The van der Waals surface area contributed by atoms with Crippen molar-refractivity contribution in [2.75, 3.05) is 0 Å². The number of thiophene rings is 1. The van der Waals surface area contributed by atoms with Crippen molar-refractivity contribution in [2.24, 2.45) is 0 Å². The lowest BCUT2D eigenvalue weighted by molar-refractivity contribution is 0.548. The van der Waals surface area contributed by atoms with Gasteiger partial charge < -0.3 is 4.57 Å². The normalized spacial score (nSPS) is 13.5.